The number of carbonyl (C=O) groups is 1. The normalized spacial score (nSPS) is 11.6. The summed E-state index contributed by atoms with van der Waals surface area (Å²) < 4.78 is 1.87. The first-order chi connectivity index (χ1) is 11.7. The van der Waals surface area contributed by atoms with Crippen LogP contribution in [-0.4, -0.2) is 35.6 Å². The highest BCUT2D eigenvalue weighted by molar-refractivity contribution is 6.06. The fraction of sp³-hybridized carbons (Fsp3) is 0.176. The minimum Gasteiger partial charge on any atom is -0.504 e. The average Bonchev–Trinajstić information content (AvgIpc) is 3.25. The molecule has 3 aromatic rings. The summed E-state index contributed by atoms with van der Waals surface area (Å²) in [5, 5.41) is 16.2. The van der Waals surface area contributed by atoms with Gasteiger partial charge in [-0.1, -0.05) is 6.92 Å². The highest BCUT2D eigenvalue weighted by Gasteiger charge is 2.14. The van der Waals surface area contributed by atoms with Crippen LogP contribution in [0.5, 0.6) is 0 Å². The maximum atomic E-state index is 12.6. The molecule has 0 aliphatic rings. The smallest absolute Gasteiger partial charge is 0.215 e. The van der Waals surface area contributed by atoms with Crippen molar-refractivity contribution >= 4 is 11.5 Å². The second-order valence-electron chi connectivity index (χ2n) is 5.29. The number of aromatic amines is 1. The monoisotopic (exact) mass is 323 g/mol. The first-order valence-electron chi connectivity index (χ1n) is 7.56. The van der Waals surface area contributed by atoms with Crippen LogP contribution in [0.15, 0.2) is 49.2 Å². The molecule has 2 N–H and O–H groups in total. The predicted octanol–water partition coefficient (Wildman–Crippen LogP) is 2.39. The number of hydrogen-bond acceptors (Lipinski definition) is 5. The van der Waals surface area contributed by atoms with Crippen LogP contribution in [0.25, 0.3) is 5.76 Å². The third kappa shape index (κ3) is 3.40. The van der Waals surface area contributed by atoms with Crippen molar-refractivity contribution in [3.8, 4) is 0 Å². The predicted molar refractivity (Wildman–Crippen MR) is 88.5 cm³/mol. The lowest BCUT2D eigenvalue weighted by Gasteiger charge is -2.07. The second-order valence-corrected chi connectivity index (χ2v) is 5.29. The standard InChI is InChI=1S/C17H17N5O2/c1-2-12-7-14(15(23)8-16(24)17-19-11-20-21-17)22(9-12)10-13-3-5-18-6-4-13/h3-9,11,24H,2,10H2,1H3,(H,19,20,21). The fourth-order valence-corrected chi connectivity index (χ4v) is 2.38. The van der Waals surface area contributed by atoms with Crippen molar-refractivity contribution in [2.75, 3.05) is 0 Å². The number of hydrogen-bond donors (Lipinski definition) is 2. The molecule has 7 heteroatoms. The third-order valence-electron chi connectivity index (χ3n) is 3.63. The van der Waals surface area contributed by atoms with Gasteiger partial charge >= 0.3 is 0 Å². The van der Waals surface area contributed by atoms with E-state index in [0.717, 1.165) is 23.6 Å². The van der Waals surface area contributed by atoms with Gasteiger partial charge in [-0.05, 0) is 35.7 Å². The molecule has 0 radical (unpaired) electrons. The molecule has 0 aliphatic heterocycles. The van der Waals surface area contributed by atoms with Gasteiger partial charge in [0.25, 0.3) is 0 Å². The van der Waals surface area contributed by atoms with E-state index >= 15 is 0 Å². The van der Waals surface area contributed by atoms with Crippen molar-refractivity contribution in [3.05, 3.63) is 71.8 Å². The molecule has 0 amide bonds. The maximum Gasteiger partial charge on any atom is 0.215 e. The van der Waals surface area contributed by atoms with Gasteiger partial charge in [-0.25, -0.2) is 4.98 Å². The number of pyridine rings is 1. The first-order valence-corrected chi connectivity index (χ1v) is 7.56. The summed E-state index contributed by atoms with van der Waals surface area (Å²) in [6.45, 7) is 2.58. The number of aliphatic hydroxyl groups is 1. The number of ketones is 1. The van der Waals surface area contributed by atoms with Crippen molar-refractivity contribution in [1.29, 1.82) is 0 Å². The number of H-pyrrole nitrogens is 1. The van der Waals surface area contributed by atoms with Crippen LogP contribution in [0.2, 0.25) is 0 Å². The molecule has 24 heavy (non-hydrogen) atoms. The van der Waals surface area contributed by atoms with E-state index in [-0.39, 0.29) is 17.4 Å². The Balaban J connectivity index is 1.90. The molecule has 0 saturated heterocycles. The van der Waals surface area contributed by atoms with Gasteiger partial charge in [0, 0.05) is 31.2 Å². The van der Waals surface area contributed by atoms with Crippen molar-refractivity contribution in [3.63, 3.8) is 0 Å². The molecule has 0 spiro atoms. The summed E-state index contributed by atoms with van der Waals surface area (Å²) in [5.41, 5.74) is 2.60. The Morgan fingerprint density at radius 1 is 1.33 bits per heavy atom. The summed E-state index contributed by atoms with van der Waals surface area (Å²) >= 11 is 0. The average molecular weight is 323 g/mol. The lowest BCUT2D eigenvalue weighted by atomic mass is 10.2. The van der Waals surface area contributed by atoms with Crippen LogP contribution < -0.4 is 0 Å². The number of nitrogens with zero attached hydrogens (tertiary/aromatic N) is 4. The zero-order chi connectivity index (χ0) is 16.9. The lowest BCUT2D eigenvalue weighted by molar-refractivity contribution is 0.103. The molecule has 122 valence electrons. The van der Waals surface area contributed by atoms with Gasteiger partial charge in [0.2, 0.25) is 11.6 Å². The van der Waals surface area contributed by atoms with Crippen molar-refractivity contribution in [2.45, 2.75) is 19.9 Å². The van der Waals surface area contributed by atoms with E-state index in [0.29, 0.717) is 12.2 Å². The van der Waals surface area contributed by atoms with Crippen molar-refractivity contribution < 1.29 is 9.90 Å². The molecular formula is C17H17N5O2. The molecule has 0 atom stereocenters. The van der Waals surface area contributed by atoms with E-state index in [1.807, 2.05) is 35.9 Å². The summed E-state index contributed by atoms with van der Waals surface area (Å²) in [4.78, 5) is 20.4. The SMILES string of the molecule is CCc1cc(C(=O)C=C(O)c2nc[nH]n2)n(Cc2ccncc2)c1. The van der Waals surface area contributed by atoms with Crippen molar-refractivity contribution in [1.82, 2.24) is 24.7 Å². The largest absolute Gasteiger partial charge is 0.504 e. The third-order valence-corrected chi connectivity index (χ3v) is 3.63. The van der Waals surface area contributed by atoms with Gasteiger partial charge in [0.15, 0.2) is 5.76 Å². The quantitative estimate of drug-likeness (QED) is 0.412. The van der Waals surface area contributed by atoms with Gasteiger partial charge in [-0.15, -0.1) is 0 Å². The molecule has 0 bridgehead atoms. The number of rotatable bonds is 6. The molecule has 0 aliphatic carbocycles. The van der Waals surface area contributed by atoms with Gasteiger partial charge in [-0.2, -0.15) is 5.10 Å². The number of carbonyl (C=O) groups excluding carboxylic acids is 1. The van der Waals surface area contributed by atoms with Gasteiger partial charge in [0.05, 0.1) is 5.69 Å². The lowest BCUT2D eigenvalue weighted by Crippen LogP contribution is -2.08. The first kappa shape index (κ1) is 15.7. The van der Waals surface area contributed by atoms with Crippen LogP contribution in [0.4, 0.5) is 0 Å². The Kier molecular flexibility index (Phi) is 4.51. The molecule has 3 heterocycles. The molecular weight excluding hydrogens is 306 g/mol. The topological polar surface area (TPSA) is 96.7 Å². The highest BCUT2D eigenvalue weighted by atomic mass is 16.3. The molecule has 3 rings (SSSR count). The minimum atomic E-state index is -0.300. The maximum absolute atomic E-state index is 12.6. The summed E-state index contributed by atoms with van der Waals surface area (Å²) in [5.74, 6) is -0.478. The van der Waals surface area contributed by atoms with Crippen LogP contribution in [0.3, 0.4) is 0 Å². The fourth-order valence-electron chi connectivity index (χ4n) is 2.38. The Morgan fingerprint density at radius 3 is 2.79 bits per heavy atom. The van der Waals surface area contributed by atoms with E-state index < -0.39 is 0 Å². The van der Waals surface area contributed by atoms with Crippen LogP contribution in [0.1, 0.15) is 34.4 Å². The number of allylic oxidation sites excluding steroid dienone is 1. The van der Waals surface area contributed by atoms with E-state index in [9.17, 15) is 9.90 Å². The van der Waals surface area contributed by atoms with E-state index in [1.54, 1.807) is 12.4 Å². The number of aromatic nitrogens is 5. The zero-order valence-electron chi connectivity index (χ0n) is 13.2. The molecule has 3 aromatic heterocycles. The highest BCUT2D eigenvalue weighted by Crippen LogP contribution is 2.15. The van der Waals surface area contributed by atoms with Gasteiger partial charge in [-0.3, -0.25) is 14.9 Å². The molecule has 0 fully saturated rings. The number of nitrogens with one attached hydrogen (secondary N) is 1. The van der Waals surface area contributed by atoms with E-state index in [2.05, 4.69) is 20.2 Å². The van der Waals surface area contributed by atoms with Crippen LogP contribution in [-0.2, 0) is 13.0 Å². The van der Waals surface area contributed by atoms with Gasteiger partial charge in [0.1, 0.15) is 6.33 Å². The number of aryl methyl sites for hydroxylation is 1. The van der Waals surface area contributed by atoms with E-state index in [1.165, 1.54) is 6.33 Å². The Labute approximate surface area is 138 Å². The molecule has 7 nitrogen and oxygen atoms in total. The van der Waals surface area contributed by atoms with Gasteiger partial charge < -0.3 is 9.67 Å². The summed E-state index contributed by atoms with van der Waals surface area (Å²) in [6, 6.07) is 5.65. The van der Waals surface area contributed by atoms with Crippen LogP contribution in [0, 0.1) is 0 Å². The zero-order valence-corrected chi connectivity index (χ0v) is 13.2. The second kappa shape index (κ2) is 6.91. The van der Waals surface area contributed by atoms with Crippen molar-refractivity contribution in [2.24, 2.45) is 0 Å². The Morgan fingerprint density at radius 2 is 2.12 bits per heavy atom. The number of aliphatic hydroxyl groups excluding tert-OH is 1. The summed E-state index contributed by atoms with van der Waals surface area (Å²) in [7, 11) is 0. The molecule has 0 aromatic carbocycles. The molecule has 0 unspecified atom stereocenters. The van der Waals surface area contributed by atoms with E-state index in [4.69, 9.17) is 0 Å². The Hall–Kier alpha value is -3.22. The molecule has 0 saturated carbocycles. The Bertz CT molecular complexity index is 851. The summed E-state index contributed by atoms with van der Waals surface area (Å²) in [6.07, 6.45) is 8.68. The minimum absolute atomic E-state index is 0.0892. The van der Waals surface area contributed by atoms with Crippen LogP contribution >= 0.6 is 0 Å².